The van der Waals surface area contributed by atoms with E-state index in [0.717, 1.165) is 42.4 Å². The van der Waals surface area contributed by atoms with Crippen molar-refractivity contribution in [3.63, 3.8) is 0 Å². The van der Waals surface area contributed by atoms with E-state index in [1.807, 2.05) is 19.1 Å². The molecule has 6 aliphatic rings. The number of hydrogen-bond donors (Lipinski definition) is 6. The first-order chi connectivity index (χ1) is 58.7. The number of aromatic amines is 2. The van der Waals surface area contributed by atoms with Crippen LogP contribution in [0.5, 0.6) is 0 Å². The molecule has 8 aromatic heterocycles. The van der Waals surface area contributed by atoms with Gasteiger partial charge in [0, 0.05) is 128 Å². The predicted molar refractivity (Wildman–Crippen MR) is 430 cm³/mol. The molecule has 9 atom stereocenters. The Morgan fingerprint density at radius 2 is 0.831 bits per heavy atom. The molecule has 12 aromatic rings. The zero-order valence-corrected chi connectivity index (χ0v) is 68.9. The van der Waals surface area contributed by atoms with Crippen molar-refractivity contribution >= 4 is 60.3 Å². The Balaban J connectivity index is 0.000000157. The van der Waals surface area contributed by atoms with E-state index in [1.165, 1.54) is 89.1 Å². The first-order valence-corrected chi connectivity index (χ1v) is 39.8. The number of hydrogen-bond acceptors (Lipinski definition) is 19. The summed E-state index contributed by atoms with van der Waals surface area (Å²) in [4.78, 5) is 124. The summed E-state index contributed by atoms with van der Waals surface area (Å²) in [5.74, 6) is -11.4. The number of fused-ring (bicyclic) bond motifs is 6. The Hall–Kier alpha value is -11.8. The van der Waals surface area contributed by atoms with Crippen LogP contribution in [0.25, 0.3) is 22.3 Å². The van der Waals surface area contributed by atoms with E-state index in [4.69, 9.17) is 9.47 Å². The predicted octanol–water partition coefficient (Wildman–Crippen LogP) is 11.5. The molecule has 0 unspecified atom stereocenters. The summed E-state index contributed by atoms with van der Waals surface area (Å²) in [6.07, 6.45) is 6.78. The molecule has 18 rings (SSSR count). The number of halogens is 8. The van der Waals surface area contributed by atoms with Gasteiger partial charge < -0.3 is 41.1 Å². The number of imidazole rings is 2. The normalized spacial score (nSPS) is 22.0. The molecule has 35 heteroatoms. The van der Waals surface area contributed by atoms with Gasteiger partial charge in [-0.2, -0.15) is 0 Å². The second-order valence-corrected chi connectivity index (χ2v) is 30.8. The number of piperidine rings is 2. The summed E-state index contributed by atoms with van der Waals surface area (Å²) < 4.78 is 127. The second kappa shape index (κ2) is 38.1. The van der Waals surface area contributed by atoms with Gasteiger partial charge >= 0.3 is 53.1 Å². The molecule has 0 spiro atoms. The van der Waals surface area contributed by atoms with Crippen molar-refractivity contribution in [2.45, 2.75) is 149 Å². The SMILES string of the molecule is C[C@@H]1CC[C@@H](c2cccc(F)c2F)C(=O)c2cccnc21.O=C(O[C@@H]1CC[C@@](O)(c2cccc(F)c2F)C(=O)c2cccnc21)N1CCC(n2c(=O)[nH]c3ncccc32)CC1.O=C(O[C@@H]1CC[C@@](O)(c2cccc(F)c2F)[C@@H](O)c2cccnc21)N1CCC(n2c(=O)[nH]c3ncccc32)CC1.O=C1c2cccnc2[C@H](O)CC[C@H]1c1cccc(F)c1F.[B].[H-].[Na+]. The Kier molecular flexibility index (Phi) is 27.7. The first kappa shape index (κ1) is 90.0. The number of H-pyrrole nitrogens is 2. The average molecular weight is 1710 g/mol. The molecule has 0 saturated carbocycles. The first-order valence-electron chi connectivity index (χ1n) is 39.8. The maximum Gasteiger partial charge on any atom is 1.00 e. The molecule has 2 saturated heterocycles. The van der Waals surface area contributed by atoms with Gasteiger partial charge in [-0.25, -0.2) is 64.3 Å². The molecule has 6 N–H and O–H groups in total. The van der Waals surface area contributed by atoms with Crippen LogP contribution in [-0.2, 0) is 20.7 Å². The van der Waals surface area contributed by atoms with E-state index in [9.17, 15) is 89.1 Å². The van der Waals surface area contributed by atoms with Crippen LogP contribution in [0, 0.1) is 46.5 Å². The van der Waals surface area contributed by atoms with Crippen molar-refractivity contribution in [1.82, 2.24) is 58.8 Å². The van der Waals surface area contributed by atoms with Gasteiger partial charge in [0.25, 0.3) is 0 Å². The molecule has 635 valence electrons. The minimum Gasteiger partial charge on any atom is -1.00 e. The summed E-state index contributed by atoms with van der Waals surface area (Å²) in [5, 5.41) is 44.1. The van der Waals surface area contributed by atoms with Crippen molar-refractivity contribution in [2.75, 3.05) is 26.2 Å². The molecule has 2 aliphatic heterocycles. The largest absolute Gasteiger partial charge is 1.00 e. The summed E-state index contributed by atoms with van der Waals surface area (Å²) >= 11 is 0. The molecule has 0 bridgehead atoms. The molecule has 4 aliphatic carbocycles. The fourth-order valence-electron chi connectivity index (χ4n) is 17.3. The number of aliphatic hydroxyl groups is 4. The number of pyridine rings is 6. The van der Waals surface area contributed by atoms with Crippen molar-refractivity contribution in [3.8, 4) is 0 Å². The standard InChI is InChI=1S/C28H27F2N5O5.C28H25F2N5O5.C17H15F2NO.C16H13F2NO2.B.Na.H/c2*29-19-6-1-5-18(22(19)30)28(39)11-8-21(23-17(24(28)36)4-2-12-31-23)40-27(38)34-14-9-16(10-15-34)35-20-7-3-13-32-25(20)33-26(35)37;1-10-7-8-12(11-4-2-6-14(18)15(11)19)17(21)13-5-3-9-20-16(10)13;17-12-5-1-3-9(14(12)18)10-6-7-13(20)15-11(16(10)21)4-2-8-19-15;;;/h1-7,12-13,16,21,24,36,39H,8-11,14-15H2,(H,32,33,37);1-7,12-13,16,21,39H,8-11,14-15H2,(H,32,33,37);2-6,9-10,12H,7-8H2,1H3;1-5,8,10,13,20H,6-7H2;;;/q;;;;;+1;-1/t21-,24+,28-;21-,28-;10-,12+;10-,13+;;;/m1110.../s1. The number of Topliss-reactive ketones (excluding diaryl/α,β-unsaturated/α-hetero) is 3. The van der Waals surface area contributed by atoms with E-state index in [1.54, 1.807) is 70.2 Å². The number of benzene rings is 4. The summed E-state index contributed by atoms with van der Waals surface area (Å²) in [7, 11) is 0. The van der Waals surface area contributed by atoms with Gasteiger partial charge in [0.2, 0.25) is 5.78 Å². The molecule has 124 heavy (non-hydrogen) atoms. The Morgan fingerprint density at radius 1 is 0.435 bits per heavy atom. The van der Waals surface area contributed by atoms with Crippen LogP contribution >= 0.6 is 0 Å². The molecule has 25 nitrogen and oxygen atoms in total. The van der Waals surface area contributed by atoms with Crippen LogP contribution in [-0.4, -0.2) is 143 Å². The number of amides is 2. The maximum absolute atomic E-state index is 14.7. The number of aliphatic hydroxyl groups excluding tert-OH is 2. The quantitative estimate of drug-likeness (QED) is 0.0467. The van der Waals surface area contributed by atoms with Gasteiger partial charge in [-0.15, -0.1) is 0 Å². The van der Waals surface area contributed by atoms with Crippen LogP contribution in [0.4, 0.5) is 44.7 Å². The molecular formula is C89H81BF8N12NaO13. The smallest absolute Gasteiger partial charge is 1.00 e. The van der Waals surface area contributed by atoms with Crippen LogP contribution in [0.3, 0.4) is 0 Å². The Labute approximate surface area is 728 Å². The number of nitrogens with zero attached hydrogens (tertiary/aromatic N) is 10. The van der Waals surface area contributed by atoms with Gasteiger partial charge in [0.15, 0.2) is 75.0 Å². The van der Waals surface area contributed by atoms with E-state index >= 15 is 0 Å². The van der Waals surface area contributed by atoms with Crippen LogP contribution in [0.2, 0.25) is 0 Å². The number of likely N-dealkylation sites (tertiary alicyclic amines) is 2. The van der Waals surface area contributed by atoms with E-state index in [2.05, 4.69) is 39.9 Å². The van der Waals surface area contributed by atoms with Crippen molar-refractivity contribution in [3.05, 3.63) is 318 Å². The van der Waals surface area contributed by atoms with E-state index in [-0.39, 0.29) is 164 Å². The van der Waals surface area contributed by atoms with Crippen molar-refractivity contribution < 1.29 is 120 Å². The molecule has 2 fully saturated rings. The van der Waals surface area contributed by atoms with Crippen molar-refractivity contribution in [2.24, 2.45) is 0 Å². The number of rotatable bonds is 8. The van der Waals surface area contributed by atoms with Crippen LogP contribution in [0.1, 0.15) is 221 Å². The summed E-state index contributed by atoms with van der Waals surface area (Å²) in [6, 6.07) is 33.9. The topological polar surface area (TPSA) is 344 Å². The van der Waals surface area contributed by atoms with Crippen molar-refractivity contribution in [1.29, 1.82) is 0 Å². The molecule has 2 amide bonds. The number of nitrogens with one attached hydrogen (secondary N) is 2. The van der Waals surface area contributed by atoms with Gasteiger partial charge in [-0.05, 0) is 174 Å². The fourth-order valence-corrected chi connectivity index (χ4v) is 17.3. The number of ketones is 3. The number of carbonyl (C=O) groups is 5. The summed E-state index contributed by atoms with van der Waals surface area (Å²) in [6.45, 7) is 3.32. The number of aromatic nitrogens is 10. The Bertz CT molecular complexity index is 6020. The third-order valence-corrected chi connectivity index (χ3v) is 23.7. The van der Waals surface area contributed by atoms with Crippen LogP contribution < -0.4 is 40.9 Å². The number of ether oxygens (including phenoxy) is 2. The molecule has 3 radical (unpaired) electrons. The second-order valence-electron chi connectivity index (χ2n) is 30.8. The van der Waals surface area contributed by atoms with Gasteiger partial charge in [0.05, 0.1) is 51.7 Å². The van der Waals surface area contributed by atoms with E-state index in [0.29, 0.717) is 91.9 Å². The monoisotopic (exact) mass is 1710 g/mol. The number of carbonyl (C=O) groups excluding carboxylic acids is 5. The molecule has 4 aromatic carbocycles. The summed E-state index contributed by atoms with van der Waals surface area (Å²) in [5.41, 5.74) is -0.975. The fraction of sp³-hybridized carbons (Fsp3) is 0.315. The third-order valence-electron chi connectivity index (χ3n) is 23.7. The van der Waals surface area contributed by atoms with Crippen LogP contribution in [0.15, 0.2) is 192 Å². The van der Waals surface area contributed by atoms with Gasteiger partial charge in [-0.1, -0.05) is 61.5 Å². The van der Waals surface area contributed by atoms with Gasteiger partial charge in [0.1, 0.15) is 23.9 Å². The minimum absolute atomic E-state index is 0. The zero-order valence-electron chi connectivity index (χ0n) is 67.9. The Morgan fingerprint density at radius 3 is 1.35 bits per heavy atom. The maximum atomic E-state index is 14.7. The minimum atomic E-state index is -2.37. The molecule has 10 heterocycles. The average Bonchev–Trinajstić information content (AvgIpc) is 1.01. The third kappa shape index (κ3) is 17.7. The van der Waals surface area contributed by atoms with E-state index < -0.39 is 118 Å². The molecular weight excluding hydrogens is 1630 g/mol. The zero-order chi connectivity index (χ0) is 86.0. The van der Waals surface area contributed by atoms with Gasteiger partial charge in [-0.3, -0.25) is 53.4 Å².